The Morgan fingerprint density at radius 2 is 2.00 bits per heavy atom. The fourth-order valence-corrected chi connectivity index (χ4v) is 2.04. The standard InChI is InChI=1S/C15H21NO3/c1-11(2)19-10-12-3-5-14(6-4-12)15(18)16-7-13(8-16)9-17/h3-6,11,13,17H,7-10H2,1-2H3. The van der Waals surface area contributed by atoms with Crippen molar-refractivity contribution in [1.82, 2.24) is 4.90 Å². The average Bonchev–Trinajstić information content (AvgIpc) is 2.35. The summed E-state index contributed by atoms with van der Waals surface area (Å²) in [6, 6.07) is 7.54. The molecular weight excluding hydrogens is 242 g/mol. The van der Waals surface area contributed by atoms with Crippen molar-refractivity contribution in [3.05, 3.63) is 35.4 Å². The van der Waals surface area contributed by atoms with E-state index in [9.17, 15) is 4.79 Å². The van der Waals surface area contributed by atoms with E-state index in [1.807, 2.05) is 38.1 Å². The molecule has 1 N–H and O–H groups in total. The summed E-state index contributed by atoms with van der Waals surface area (Å²) in [5.74, 6) is 0.295. The number of carbonyl (C=O) groups is 1. The van der Waals surface area contributed by atoms with Gasteiger partial charge in [0.25, 0.3) is 5.91 Å². The molecular formula is C15H21NO3. The van der Waals surface area contributed by atoms with Crippen molar-refractivity contribution in [3.63, 3.8) is 0 Å². The Labute approximate surface area is 114 Å². The molecule has 19 heavy (non-hydrogen) atoms. The van der Waals surface area contributed by atoms with E-state index in [-0.39, 0.29) is 24.5 Å². The van der Waals surface area contributed by atoms with Crippen LogP contribution in [0, 0.1) is 5.92 Å². The van der Waals surface area contributed by atoms with Crippen molar-refractivity contribution in [3.8, 4) is 0 Å². The summed E-state index contributed by atoms with van der Waals surface area (Å²) < 4.78 is 5.51. The summed E-state index contributed by atoms with van der Waals surface area (Å²) in [6.07, 6.45) is 0.206. The maximum atomic E-state index is 12.1. The number of benzene rings is 1. The van der Waals surface area contributed by atoms with Crippen LogP contribution >= 0.6 is 0 Å². The molecule has 1 amide bonds. The van der Waals surface area contributed by atoms with Gasteiger partial charge < -0.3 is 14.7 Å². The topological polar surface area (TPSA) is 49.8 Å². The van der Waals surface area contributed by atoms with Gasteiger partial charge in [0, 0.05) is 31.2 Å². The molecule has 104 valence electrons. The first-order valence-electron chi connectivity index (χ1n) is 6.71. The van der Waals surface area contributed by atoms with Gasteiger partial charge in [0.2, 0.25) is 0 Å². The number of amides is 1. The predicted octanol–water partition coefficient (Wildman–Crippen LogP) is 1.68. The number of aliphatic hydroxyl groups excluding tert-OH is 1. The Morgan fingerprint density at radius 3 is 2.53 bits per heavy atom. The van der Waals surface area contributed by atoms with Gasteiger partial charge in [-0.1, -0.05) is 12.1 Å². The maximum absolute atomic E-state index is 12.1. The molecule has 0 aliphatic carbocycles. The van der Waals surface area contributed by atoms with E-state index in [4.69, 9.17) is 9.84 Å². The molecule has 0 radical (unpaired) electrons. The van der Waals surface area contributed by atoms with Gasteiger partial charge in [0.15, 0.2) is 0 Å². The lowest BCUT2D eigenvalue weighted by Gasteiger charge is -2.38. The minimum absolute atomic E-state index is 0.0426. The van der Waals surface area contributed by atoms with E-state index in [2.05, 4.69) is 0 Å². The summed E-state index contributed by atoms with van der Waals surface area (Å²) in [7, 11) is 0. The van der Waals surface area contributed by atoms with Crippen LogP contribution in [-0.2, 0) is 11.3 Å². The molecule has 1 aromatic rings. The lowest BCUT2D eigenvalue weighted by Crippen LogP contribution is -2.51. The number of carbonyl (C=O) groups excluding carboxylic acids is 1. The van der Waals surface area contributed by atoms with E-state index in [1.165, 1.54) is 0 Å². The minimum Gasteiger partial charge on any atom is -0.396 e. The van der Waals surface area contributed by atoms with Crippen LogP contribution in [0.1, 0.15) is 29.8 Å². The number of rotatable bonds is 5. The van der Waals surface area contributed by atoms with E-state index in [0.29, 0.717) is 25.3 Å². The van der Waals surface area contributed by atoms with Gasteiger partial charge in [-0.25, -0.2) is 0 Å². The first-order valence-corrected chi connectivity index (χ1v) is 6.71. The molecule has 1 aliphatic heterocycles. The molecule has 4 nitrogen and oxygen atoms in total. The number of hydrogen-bond acceptors (Lipinski definition) is 3. The highest BCUT2D eigenvalue weighted by Gasteiger charge is 2.30. The van der Waals surface area contributed by atoms with Gasteiger partial charge in [0.1, 0.15) is 0 Å². The second kappa shape index (κ2) is 6.17. The largest absolute Gasteiger partial charge is 0.396 e. The first-order chi connectivity index (χ1) is 9.10. The zero-order chi connectivity index (χ0) is 13.8. The summed E-state index contributed by atoms with van der Waals surface area (Å²) in [4.78, 5) is 13.8. The number of hydrogen-bond donors (Lipinski definition) is 1. The molecule has 1 heterocycles. The average molecular weight is 263 g/mol. The summed E-state index contributed by atoms with van der Waals surface area (Å²) >= 11 is 0. The molecule has 1 aromatic carbocycles. The van der Waals surface area contributed by atoms with Crippen LogP contribution in [0.3, 0.4) is 0 Å². The Morgan fingerprint density at radius 1 is 1.37 bits per heavy atom. The molecule has 0 aromatic heterocycles. The van der Waals surface area contributed by atoms with Crippen molar-refractivity contribution < 1.29 is 14.6 Å². The number of likely N-dealkylation sites (tertiary alicyclic amines) is 1. The second-order valence-corrected chi connectivity index (χ2v) is 5.32. The Balaban J connectivity index is 1.89. The molecule has 0 spiro atoms. The van der Waals surface area contributed by atoms with Crippen molar-refractivity contribution in [1.29, 1.82) is 0 Å². The normalized spacial score (nSPS) is 15.7. The Kier molecular flexibility index (Phi) is 4.56. The number of ether oxygens (including phenoxy) is 1. The van der Waals surface area contributed by atoms with Gasteiger partial charge in [-0.3, -0.25) is 4.79 Å². The number of nitrogens with zero attached hydrogens (tertiary/aromatic N) is 1. The third-order valence-corrected chi connectivity index (χ3v) is 3.29. The number of aliphatic hydroxyl groups is 1. The van der Waals surface area contributed by atoms with Crippen molar-refractivity contribution in [2.24, 2.45) is 5.92 Å². The van der Waals surface area contributed by atoms with Gasteiger partial charge in [-0.15, -0.1) is 0 Å². The predicted molar refractivity (Wildman–Crippen MR) is 72.8 cm³/mol. The Hall–Kier alpha value is -1.39. The van der Waals surface area contributed by atoms with Crippen LogP contribution in [0.5, 0.6) is 0 Å². The Bertz CT molecular complexity index is 422. The molecule has 4 heteroatoms. The highest BCUT2D eigenvalue weighted by Crippen LogP contribution is 2.18. The summed E-state index contributed by atoms with van der Waals surface area (Å²) in [5.41, 5.74) is 1.77. The third kappa shape index (κ3) is 3.55. The van der Waals surface area contributed by atoms with Gasteiger partial charge in [-0.05, 0) is 31.5 Å². The molecule has 1 aliphatic rings. The minimum atomic E-state index is 0.0426. The fourth-order valence-electron chi connectivity index (χ4n) is 2.04. The molecule has 1 saturated heterocycles. The highest BCUT2D eigenvalue weighted by atomic mass is 16.5. The van der Waals surface area contributed by atoms with E-state index in [1.54, 1.807) is 4.90 Å². The van der Waals surface area contributed by atoms with Crippen molar-refractivity contribution >= 4 is 5.91 Å². The first kappa shape index (κ1) is 14.0. The summed E-state index contributed by atoms with van der Waals surface area (Å²) in [6.45, 7) is 6.05. The van der Waals surface area contributed by atoms with Crippen LogP contribution in [0.4, 0.5) is 0 Å². The SMILES string of the molecule is CC(C)OCc1ccc(C(=O)N2CC(CO)C2)cc1. The molecule has 0 bridgehead atoms. The lowest BCUT2D eigenvalue weighted by molar-refractivity contribution is 0.0361. The van der Waals surface area contributed by atoms with Crippen LogP contribution in [-0.4, -0.2) is 41.7 Å². The van der Waals surface area contributed by atoms with Crippen molar-refractivity contribution in [2.45, 2.75) is 26.6 Å². The van der Waals surface area contributed by atoms with Crippen LogP contribution in [0.15, 0.2) is 24.3 Å². The zero-order valence-corrected chi connectivity index (χ0v) is 11.5. The van der Waals surface area contributed by atoms with Crippen molar-refractivity contribution in [2.75, 3.05) is 19.7 Å². The van der Waals surface area contributed by atoms with Crippen LogP contribution < -0.4 is 0 Å². The smallest absolute Gasteiger partial charge is 0.253 e. The quantitative estimate of drug-likeness (QED) is 0.879. The molecule has 1 fully saturated rings. The van der Waals surface area contributed by atoms with Gasteiger partial charge in [-0.2, -0.15) is 0 Å². The highest BCUT2D eigenvalue weighted by molar-refractivity contribution is 5.94. The zero-order valence-electron chi connectivity index (χ0n) is 11.5. The molecule has 0 saturated carbocycles. The molecule has 0 atom stereocenters. The molecule has 0 unspecified atom stereocenters. The lowest BCUT2D eigenvalue weighted by atomic mass is 10.00. The monoisotopic (exact) mass is 263 g/mol. The van der Waals surface area contributed by atoms with Gasteiger partial charge in [0.05, 0.1) is 12.7 Å². The summed E-state index contributed by atoms with van der Waals surface area (Å²) in [5, 5.41) is 8.94. The van der Waals surface area contributed by atoms with Crippen LogP contribution in [0.2, 0.25) is 0 Å². The van der Waals surface area contributed by atoms with Crippen LogP contribution in [0.25, 0.3) is 0 Å². The van der Waals surface area contributed by atoms with Gasteiger partial charge >= 0.3 is 0 Å². The fraction of sp³-hybridized carbons (Fsp3) is 0.533. The van der Waals surface area contributed by atoms with E-state index in [0.717, 1.165) is 5.56 Å². The van der Waals surface area contributed by atoms with E-state index >= 15 is 0 Å². The molecule has 2 rings (SSSR count). The van der Waals surface area contributed by atoms with E-state index < -0.39 is 0 Å². The maximum Gasteiger partial charge on any atom is 0.253 e. The second-order valence-electron chi connectivity index (χ2n) is 5.32. The third-order valence-electron chi connectivity index (χ3n) is 3.29.